The number of amides is 1. The molecule has 2 aromatic heterocycles. The molecule has 1 atom stereocenters. The van der Waals surface area contributed by atoms with E-state index in [0.29, 0.717) is 30.6 Å². The molecule has 3 aromatic rings. The predicted molar refractivity (Wildman–Crippen MR) is 152 cm³/mol. The number of aromatic nitrogens is 3. The maximum absolute atomic E-state index is 13.9. The molecule has 2 aliphatic heterocycles. The van der Waals surface area contributed by atoms with Gasteiger partial charge in [0, 0.05) is 36.8 Å². The minimum atomic E-state index is -3.59. The van der Waals surface area contributed by atoms with Gasteiger partial charge in [-0.3, -0.25) is 9.52 Å². The Labute approximate surface area is 233 Å². The van der Waals surface area contributed by atoms with Crippen molar-refractivity contribution in [3.8, 4) is 0 Å². The lowest BCUT2D eigenvalue weighted by molar-refractivity contribution is 0.0607. The Kier molecular flexibility index (Phi) is 8.15. The first-order valence-corrected chi connectivity index (χ1v) is 15.6. The Balaban J connectivity index is 1.51. The average molecular weight is 576 g/mol. The smallest absolute Gasteiger partial charge is 0.256 e. The van der Waals surface area contributed by atoms with Crippen LogP contribution >= 0.6 is 11.6 Å². The highest BCUT2D eigenvalue weighted by molar-refractivity contribution is 7.92. The number of piperidine rings is 1. The summed E-state index contributed by atoms with van der Waals surface area (Å²) in [7, 11) is -3.59. The standard InChI is InChI=1S/C26H34ClN7O4S/c1-3-4-10-28-23-16-25(32-12-13-38-17-32)34-24(29-23)15-21(30-34)22-7-5-6-11-33(22)26(35)19-14-18(27)8-9-20(19)31-39(2,36)37/h8-9,14-16,22,31H,3-7,10-13,17H2,1-2H3,(H,28,29)/t22-/m0/s1. The van der Waals surface area contributed by atoms with Gasteiger partial charge in [0.1, 0.15) is 18.4 Å². The third-order valence-electron chi connectivity index (χ3n) is 6.95. The van der Waals surface area contributed by atoms with E-state index >= 15 is 0 Å². The molecule has 0 radical (unpaired) electrons. The van der Waals surface area contributed by atoms with Crippen LogP contribution in [0.2, 0.25) is 5.02 Å². The summed E-state index contributed by atoms with van der Waals surface area (Å²) >= 11 is 6.23. The zero-order chi connectivity index (χ0) is 27.6. The molecule has 210 valence electrons. The first-order chi connectivity index (χ1) is 18.7. The lowest BCUT2D eigenvalue weighted by atomic mass is 9.98. The molecule has 1 amide bonds. The molecule has 0 aliphatic carbocycles. The number of hydrogen-bond acceptors (Lipinski definition) is 8. The number of rotatable bonds is 9. The van der Waals surface area contributed by atoms with Gasteiger partial charge in [-0.05, 0) is 43.9 Å². The number of hydrogen-bond donors (Lipinski definition) is 2. The fourth-order valence-electron chi connectivity index (χ4n) is 5.06. The number of benzene rings is 1. The second-order valence-corrected chi connectivity index (χ2v) is 12.2. The number of anilines is 3. The molecule has 2 saturated heterocycles. The largest absolute Gasteiger partial charge is 0.370 e. The molecule has 2 aliphatic rings. The van der Waals surface area contributed by atoms with Gasteiger partial charge in [0.2, 0.25) is 10.0 Å². The number of ether oxygens (including phenoxy) is 1. The Morgan fingerprint density at radius 3 is 2.79 bits per heavy atom. The lowest BCUT2D eigenvalue weighted by Gasteiger charge is -2.35. The van der Waals surface area contributed by atoms with E-state index in [1.54, 1.807) is 11.0 Å². The van der Waals surface area contributed by atoms with Gasteiger partial charge in [-0.1, -0.05) is 24.9 Å². The molecule has 5 rings (SSSR count). The van der Waals surface area contributed by atoms with E-state index in [0.717, 1.165) is 68.8 Å². The predicted octanol–water partition coefficient (Wildman–Crippen LogP) is 4.13. The number of halogens is 1. The van der Waals surface area contributed by atoms with Crippen LogP contribution in [0.1, 0.15) is 61.1 Å². The van der Waals surface area contributed by atoms with Crippen LogP contribution in [0.25, 0.3) is 5.65 Å². The zero-order valence-corrected chi connectivity index (χ0v) is 23.8. The summed E-state index contributed by atoms with van der Waals surface area (Å²) < 4.78 is 33.8. The zero-order valence-electron chi connectivity index (χ0n) is 22.2. The van der Waals surface area contributed by atoms with Crippen LogP contribution in [0.15, 0.2) is 30.3 Å². The van der Waals surface area contributed by atoms with Crippen molar-refractivity contribution in [2.24, 2.45) is 0 Å². The number of likely N-dealkylation sites (tertiary alicyclic amines) is 1. The maximum Gasteiger partial charge on any atom is 0.256 e. The Bertz CT molecular complexity index is 1460. The minimum absolute atomic E-state index is 0.201. The highest BCUT2D eigenvalue weighted by Crippen LogP contribution is 2.35. The molecular weight excluding hydrogens is 542 g/mol. The van der Waals surface area contributed by atoms with Crippen LogP contribution in [0.5, 0.6) is 0 Å². The van der Waals surface area contributed by atoms with Crippen LogP contribution < -0.4 is 14.9 Å². The number of sulfonamides is 1. The Hall–Kier alpha value is -3.09. The van der Waals surface area contributed by atoms with Crippen molar-refractivity contribution < 1.29 is 17.9 Å². The van der Waals surface area contributed by atoms with Crippen LogP contribution in [0.4, 0.5) is 17.3 Å². The van der Waals surface area contributed by atoms with E-state index in [2.05, 4.69) is 21.9 Å². The van der Waals surface area contributed by atoms with Crippen molar-refractivity contribution >= 4 is 50.5 Å². The minimum Gasteiger partial charge on any atom is -0.370 e. The molecule has 39 heavy (non-hydrogen) atoms. The van der Waals surface area contributed by atoms with Crippen molar-refractivity contribution in [2.75, 3.05) is 54.2 Å². The van der Waals surface area contributed by atoms with Crippen molar-refractivity contribution in [3.05, 3.63) is 46.6 Å². The van der Waals surface area contributed by atoms with Gasteiger partial charge in [-0.15, -0.1) is 0 Å². The highest BCUT2D eigenvalue weighted by Gasteiger charge is 2.33. The fourth-order valence-corrected chi connectivity index (χ4v) is 5.81. The first-order valence-electron chi connectivity index (χ1n) is 13.3. The third kappa shape index (κ3) is 6.23. The number of nitrogens with zero attached hydrogens (tertiary/aromatic N) is 5. The van der Waals surface area contributed by atoms with E-state index in [4.69, 9.17) is 26.4 Å². The van der Waals surface area contributed by atoms with E-state index < -0.39 is 10.0 Å². The molecule has 1 aromatic carbocycles. The first kappa shape index (κ1) is 27.5. The molecule has 2 N–H and O–H groups in total. The second kappa shape index (κ2) is 11.6. The van der Waals surface area contributed by atoms with Crippen molar-refractivity contribution in [3.63, 3.8) is 0 Å². The number of carbonyl (C=O) groups excluding carboxylic acids is 1. The average Bonchev–Trinajstić information content (AvgIpc) is 3.59. The Morgan fingerprint density at radius 2 is 2.05 bits per heavy atom. The van der Waals surface area contributed by atoms with Crippen LogP contribution in [-0.4, -0.2) is 73.1 Å². The number of unbranched alkanes of at least 4 members (excludes halogenated alkanes) is 1. The molecule has 13 heteroatoms. The van der Waals surface area contributed by atoms with Crippen molar-refractivity contribution in [2.45, 2.75) is 45.1 Å². The summed E-state index contributed by atoms with van der Waals surface area (Å²) in [6, 6.07) is 8.22. The number of fused-ring (bicyclic) bond motifs is 1. The molecule has 2 fully saturated rings. The van der Waals surface area contributed by atoms with E-state index in [1.165, 1.54) is 12.1 Å². The van der Waals surface area contributed by atoms with Gasteiger partial charge < -0.3 is 19.9 Å². The van der Waals surface area contributed by atoms with Crippen LogP contribution in [-0.2, 0) is 14.8 Å². The maximum atomic E-state index is 13.9. The van der Waals surface area contributed by atoms with Crippen LogP contribution in [0, 0.1) is 0 Å². The Morgan fingerprint density at radius 1 is 1.21 bits per heavy atom. The van der Waals surface area contributed by atoms with Gasteiger partial charge in [0.15, 0.2) is 5.65 Å². The SMILES string of the molecule is CCCCNc1cc(N2CCOC2)n2nc([C@@H]3CCCCN3C(=O)c3cc(Cl)ccc3NS(C)(=O)=O)cc2n1. The summed E-state index contributed by atoms with van der Waals surface area (Å²) in [5.74, 6) is 1.36. The van der Waals surface area contributed by atoms with Gasteiger partial charge >= 0.3 is 0 Å². The normalized spacial score (nSPS) is 18.1. The van der Waals surface area contributed by atoms with Crippen molar-refractivity contribution in [1.82, 2.24) is 19.5 Å². The van der Waals surface area contributed by atoms with Crippen molar-refractivity contribution in [1.29, 1.82) is 0 Å². The van der Waals surface area contributed by atoms with Gasteiger partial charge in [0.05, 0.1) is 35.8 Å². The topological polar surface area (TPSA) is 121 Å². The quantitative estimate of drug-likeness (QED) is 0.365. The molecule has 0 unspecified atom stereocenters. The molecular formula is C26H34ClN7O4S. The molecule has 0 saturated carbocycles. The molecule has 0 bridgehead atoms. The highest BCUT2D eigenvalue weighted by atomic mass is 35.5. The van der Waals surface area contributed by atoms with Gasteiger partial charge in [-0.25, -0.2) is 13.4 Å². The summed E-state index contributed by atoms with van der Waals surface area (Å²) in [5, 5.41) is 8.71. The summed E-state index contributed by atoms with van der Waals surface area (Å²) in [6.07, 6.45) is 5.69. The molecule has 11 nitrogen and oxygen atoms in total. The molecule has 4 heterocycles. The third-order valence-corrected chi connectivity index (χ3v) is 7.78. The summed E-state index contributed by atoms with van der Waals surface area (Å²) in [4.78, 5) is 22.6. The van der Waals surface area contributed by atoms with E-state index in [1.807, 2.05) is 16.6 Å². The number of carbonyl (C=O) groups is 1. The van der Waals surface area contributed by atoms with E-state index in [-0.39, 0.29) is 23.2 Å². The summed E-state index contributed by atoms with van der Waals surface area (Å²) in [5.41, 5.74) is 1.84. The van der Waals surface area contributed by atoms with Crippen LogP contribution in [0.3, 0.4) is 0 Å². The monoisotopic (exact) mass is 575 g/mol. The van der Waals surface area contributed by atoms with Gasteiger partial charge in [-0.2, -0.15) is 9.61 Å². The van der Waals surface area contributed by atoms with Gasteiger partial charge in [0.25, 0.3) is 5.91 Å². The lowest BCUT2D eigenvalue weighted by Crippen LogP contribution is -2.39. The second-order valence-electron chi connectivity index (χ2n) is 9.99. The fraction of sp³-hybridized carbons (Fsp3) is 0.500. The van der Waals surface area contributed by atoms with E-state index in [9.17, 15) is 13.2 Å². The number of nitrogens with one attached hydrogen (secondary N) is 2. The summed E-state index contributed by atoms with van der Waals surface area (Å²) in [6.45, 7) is 5.36. The molecule has 0 spiro atoms.